The summed E-state index contributed by atoms with van der Waals surface area (Å²) in [6.45, 7) is 6.52. The molecule has 0 amide bonds. The van der Waals surface area contributed by atoms with Gasteiger partial charge in [-0.2, -0.15) is 0 Å². The summed E-state index contributed by atoms with van der Waals surface area (Å²) in [5.41, 5.74) is 1.25. The molecule has 2 heterocycles. The summed E-state index contributed by atoms with van der Waals surface area (Å²) in [7, 11) is -4.03. The molecule has 2 aliphatic rings. The highest BCUT2D eigenvalue weighted by Crippen LogP contribution is 2.53. The Hall–Kier alpha value is -2.10. The van der Waals surface area contributed by atoms with Crippen LogP contribution in [0.25, 0.3) is 0 Å². The highest BCUT2D eigenvalue weighted by Gasteiger charge is 2.52. The van der Waals surface area contributed by atoms with Crippen molar-refractivity contribution in [3.63, 3.8) is 0 Å². The zero-order valence-corrected chi connectivity index (χ0v) is 23.7. The minimum Gasteiger partial charge on any atom is -0.453 e. The molecule has 10 heteroatoms. The summed E-state index contributed by atoms with van der Waals surface area (Å²) in [6, 6.07) is 18.3. The Bertz CT molecular complexity index is 1050. The van der Waals surface area contributed by atoms with Crippen molar-refractivity contribution in [3.8, 4) is 0 Å². The maximum atomic E-state index is 13.7. The number of carbonyl (C=O) groups is 1. The van der Waals surface area contributed by atoms with E-state index in [9.17, 15) is 9.36 Å². The number of carbonyl (C=O) groups excluding carboxylic acids is 1. The highest BCUT2D eigenvalue weighted by atomic mass is 31.2. The summed E-state index contributed by atoms with van der Waals surface area (Å²) in [5, 5.41) is 0. The molecule has 2 fully saturated rings. The molecule has 3 unspecified atom stereocenters. The lowest BCUT2D eigenvalue weighted by Gasteiger charge is -2.48. The van der Waals surface area contributed by atoms with Gasteiger partial charge in [-0.05, 0) is 25.0 Å². The molecule has 0 N–H and O–H groups in total. The van der Waals surface area contributed by atoms with Crippen LogP contribution in [0, 0.1) is 5.92 Å². The Morgan fingerprint density at radius 3 is 2.15 bits per heavy atom. The van der Waals surface area contributed by atoms with E-state index in [0.717, 1.165) is 18.4 Å². The first-order chi connectivity index (χ1) is 18.9. The van der Waals surface area contributed by atoms with Gasteiger partial charge in [0.05, 0.1) is 31.5 Å². The van der Waals surface area contributed by atoms with Crippen LogP contribution >= 0.6 is 7.82 Å². The van der Waals surface area contributed by atoms with Crippen molar-refractivity contribution in [1.29, 1.82) is 0 Å². The van der Waals surface area contributed by atoms with Crippen molar-refractivity contribution in [1.82, 2.24) is 0 Å². The lowest BCUT2D eigenvalue weighted by Crippen LogP contribution is -2.59. The number of hydrogen-bond acceptors (Lipinski definition) is 9. The average molecular weight is 563 g/mol. The van der Waals surface area contributed by atoms with Gasteiger partial charge < -0.3 is 18.9 Å². The third kappa shape index (κ3) is 7.98. The number of phosphoric acid groups is 1. The van der Waals surface area contributed by atoms with E-state index in [1.165, 1.54) is 0 Å². The number of rotatable bonds is 13. The first-order valence-electron chi connectivity index (χ1n) is 13.7. The van der Waals surface area contributed by atoms with Crippen LogP contribution in [0.1, 0.15) is 68.7 Å². The fourth-order valence-corrected chi connectivity index (χ4v) is 5.80. The fourth-order valence-electron chi connectivity index (χ4n) is 4.48. The second-order valence-corrected chi connectivity index (χ2v) is 11.4. The van der Waals surface area contributed by atoms with Crippen molar-refractivity contribution in [3.05, 3.63) is 71.8 Å². The number of esters is 1. The van der Waals surface area contributed by atoms with E-state index in [2.05, 4.69) is 0 Å². The van der Waals surface area contributed by atoms with Crippen LogP contribution in [0.2, 0.25) is 0 Å². The Labute approximate surface area is 230 Å². The molecular weight excluding hydrogens is 523 g/mol. The van der Waals surface area contributed by atoms with Crippen molar-refractivity contribution < 1.29 is 41.9 Å². The van der Waals surface area contributed by atoms with Crippen LogP contribution in [0.5, 0.6) is 0 Å². The Morgan fingerprint density at radius 2 is 1.54 bits per heavy atom. The van der Waals surface area contributed by atoms with Gasteiger partial charge in [-0.15, -0.1) is 0 Å². The van der Waals surface area contributed by atoms with Gasteiger partial charge >= 0.3 is 13.8 Å². The van der Waals surface area contributed by atoms with Crippen LogP contribution in [-0.4, -0.2) is 50.4 Å². The van der Waals surface area contributed by atoms with Gasteiger partial charge in [0.1, 0.15) is 6.10 Å². The third-order valence-corrected chi connectivity index (χ3v) is 8.19. The van der Waals surface area contributed by atoms with Crippen LogP contribution in [-0.2, 0) is 37.1 Å². The topological polar surface area (TPSA) is 98.8 Å². The zero-order valence-electron chi connectivity index (χ0n) is 22.8. The van der Waals surface area contributed by atoms with Crippen LogP contribution in [0.3, 0.4) is 0 Å². The molecule has 0 spiro atoms. The maximum absolute atomic E-state index is 13.7. The predicted molar refractivity (Wildman–Crippen MR) is 144 cm³/mol. The standard InChI is InChI=1S/C29H39O9P/c1-4-6-18-33-39(31,34-19-7-5-2)38-29-26(36-27(30)22-14-10-8-11-15-22)21(3)25-24(35-29)20-32-28(37-25)23-16-12-9-13-17-23/h8-17,21,24-26,28-29H,4-7,18-20H2,1-3H3/t21-,24?,25-,26?,28?,29-/m0/s1. The van der Waals surface area contributed by atoms with Crippen LogP contribution in [0.4, 0.5) is 0 Å². The molecule has 0 radical (unpaired) electrons. The molecule has 0 saturated carbocycles. The molecule has 0 aromatic heterocycles. The smallest absolute Gasteiger partial charge is 0.453 e. The zero-order chi connectivity index (χ0) is 27.7. The van der Waals surface area contributed by atoms with E-state index in [0.29, 0.717) is 18.4 Å². The number of phosphoric ester groups is 1. The first-order valence-corrected chi connectivity index (χ1v) is 15.2. The third-order valence-electron chi connectivity index (χ3n) is 6.72. The predicted octanol–water partition coefficient (Wildman–Crippen LogP) is 6.45. The SMILES string of the molecule is CCCCOP(=O)(OCCCC)O[C@@H]1OC2COC(c3ccccc3)O[C@H]2[C@H](C)C1OC(=O)c1ccccc1. The molecular formula is C29H39O9P. The highest BCUT2D eigenvalue weighted by molar-refractivity contribution is 7.48. The summed E-state index contributed by atoms with van der Waals surface area (Å²) in [6.07, 6.45) is -0.709. The van der Waals surface area contributed by atoms with Crippen molar-refractivity contribution in [2.24, 2.45) is 5.92 Å². The second-order valence-electron chi connectivity index (χ2n) is 9.74. The minimum atomic E-state index is -4.03. The van der Waals surface area contributed by atoms with Gasteiger partial charge in [0.25, 0.3) is 0 Å². The minimum absolute atomic E-state index is 0.202. The van der Waals surface area contributed by atoms with E-state index in [4.69, 9.17) is 32.5 Å². The van der Waals surface area contributed by atoms with Crippen molar-refractivity contribution in [2.75, 3.05) is 19.8 Å². The lowest BCUT2D eigenvalue weighted by molar-refractivity contribution is -0.340. The first kappa shape index (κ1) is 29.9. The molecule has 39 heavy (non-hydrogen) atoms. The lowest BCUT2D eigenvalue weighted by atomic mass is 9.89. The second kappa shape index (κ2) is 14.5. The maximum Gasteiger partial charge on any atom is 0.477 e. The van der Waals surface area contributed by atoms with Crippen LogP contribution in [0.15, 0.2) is 60.7 Å². The fraction of sp³-hybridized carbons (Fsp3) is 0.552. The summed E-state index contributed by atoms with van der Waals surface area (Å²) in [4.78, 5) is 13.1. The molecule has 0 bridgehead atoms. The summed E-state index contributed by atoms with van der Waals surface area (Å²) >= 11 is 0. The number of fused-ring (bicyclic) bond motifs is 1. The van der Waals surface area contributed by atoms with Gasteiger partial charge in [-0.1, -0.05) is 82.1 Å². The molecule has 6 atom stereocenters. The Kier molecular flexibility index (Phi) is 11.1. The van der Waals surface area contributed by atoms with Crippen molar-refractivity contribution in [2.45, 2.75) is 77.3 Å². The summed E-state index contributed by atoms with van der Waals surface area (Å²) < 4.78 is 55.4. The van der Waals surface area contributed by atoms with Gasteiger partial charge in [0.15, 0.2) is 12.4 Å². The van der Waals surface area contributed by atoms with Crippen LogP contribution < -0.4 is 0 Å². The van der Waals surface area contributed by atoms with E-state index < -0.39 is 50.6 Å². The molecule has 4 rings (SSSR count). The van der Waals surface area contributed by atoms with Crippen molar-refractivity contribution >= 4 is 13.8 Å². The van der Waals surface area contributed by atoms with E-state index in [1.54, 1.807) is 24.3 Å². The summed E-state index contributed by atoms with van der Waals surface area (Å²) in [5.74, 6) is -0.945. The molecule has 2 aliphatic heterocycles. The number of hydrogen-bond donors (Lipinski definition) is 0. The molecule has 0 aliphatic carbocycles. The Morgan fingerprint density at radius 1 is 0.923 bits per heavy atom. The number of unbranched alkanes of at least 4 members (excludes halogenated alkanes) is 2. The average Bonchev–Trinajstić information content (AvgIpc) is 2.96. The molecule has 2 saturated heterocycles. The molecule has 9 nitrogen and oxygen atoms in total. The number of benzene rings is 2. The number of ether oxygens (including phenoxy) is 4. The monoisotopic (exact) mass is 562 g/mol. The Balaban J connectivity index is 1.56. The quantitative estimate of drug-likeness (QED) is 0.155. The van der Waals surface area contributed by atoms with Gasteiger partial charge in [-0.3, -0.25) is 13.6 Å². The van der Waals surface area contributed by atoms with Gasteiger partial charge in [0, 0.05) is 11.5 Å². The van der Waals surface area contributed by atoms with Gasteiger partial charge in [0.2, 0.25) is 6.29 Å². The van der Waals surface area contributed by atoms with E-state index in [-0.39, 0.29) is 19.8 Å². The molecule has 2 aromatic rings. The normalized spacial score (nSPS) is 27.1. The van der Waals surface area contributed by atoms with E-state index in [1.807, 2.05) is 57.2 Å². The van der Waals surface area contributed by atoms with E-state index >= 15 is 0 Å². The molecule has 214 valence electrons. The largest absolute Gasteiger partial charge is 0.477 e. The van der Waals surface area contributed by atoms with Gasteiger partial charge in [-0.25, -0.2) is 9.36 Å². The molecule has 2 aromatic carbocycles.